The van der Waals surface area contributed by atoms with Crippen molar-refractivity contribution >= 4 is 10.8 Å². The molecule has 0 saturated carbocycles. The molecule has 3 nitrogen and oxygen atoms in total. The maximum Gasteiger partial charge on any atom is 0.126 e. The number of ether oxygens (including phenoxy) is 2. The first-order valence-electron chi connectivity index (χ1n) is 7.24. The maximum atomic E-state index is 5.51. The van der Waals surface area contributed by atoms with Crippen LogP contribution in [0.3, 0.4) is 0 Å². The summed E-state index contributed by atoms with van der Waals surface area (Å²) in [5.41, 5.74) is 1.31. The van der Waals surface area contributed by atoms with Gasteiger partial charge in [0.2, 0.25) is 0 Å². The van der Waals surface area contributed by atoms with E-state index in [0.717, 1.165) is 31.9 Å². The first kappa shape index (κ1) is 13.4. The topological polar surface area (TPSA) is 30.5 Å². The predicted molar refractivity (Wildman–Crippen MR) is 81.2 cm³/mol. The summed E-state index contributed by atoms with van der Waals surface area (Å²) in [7, 11) is 1.72. The second-order valence-electron chi connectivity index (χ2n) is 5.27. The van der Waals surface area contributed by atoms with Crippen molar-refractivity contribution < 1.29 is 9.47 Å². The molecule has 1 saturated heterocycles. The van der Waals surface area contributed by atoms with E-state index in [9.17, 15) is 0 Å². The van der Waals surface area contributed by atoms with Gasteiger partial charge in [-0.15, -0.1) is 0 Å². The van der Waals surface area contributed by atoms with Crippen LogP contribution in [0.25, 0.3) is 10.8 Å². The Morgan fingerprint density at radius 2 is 2.05 bits per heavy atom. The second-order valence-corrected chi connectivity index (χ2v) is 5.27. The van der Waals surface area contributed by atoms with Gasteiger partial charge in [-0.25, -0.2) is 0 Å². The molecule has 1 atom stereocenters. The molecule has 20 heavy (non-hydrogen) atoms. The van der Waals surface area contributed by atoms with Crippen molar-refractivity contribution in [1.82, 2.24) is 5.32 Å². The molecule has 3 rings (SSSR count). The smallest absolute Gasteiger partial charge is 0.126 e. The third-order valence-corrected chi connectivity index (χ3v) is 3.94. The summed E-state index contributed by atoms with van der Waals surface area (Å²) in [5, 5.41) is 6.04. The lowest BCUT2D eigenvalue weighted by Gasteiger charge is -2.23. The summed E-state index contributed by atoms with van der Waals surface area (Å²) >= 11 is 0. The number of methoxy groups -OCH3 is 1. The normalized spacial score (nSPS) is 19.1. The molecule has 1 aliphatic heterocycles. The summed E-state index contributed by atoms with van der Waals surface area (Å²) in [6.07, 6.45) is 2.36. The third-order valence-electron chi connectivity index (χ3n) is 3.94. The Labute approximate surface area is 119 Å². The zero-order valence-corrected chi connectivity index (χ0v) is 11.9. The van der Waals surface area contributed by atoms with E-state index in [2.05, 4.69) is 41.7 Å². The molecule has 0 aliphatic carbocycles. The Hall–Kier alpha value is -1.58. The van der Waals surface area contributed by atoms with Crippen LogP contribution in [0.2, 0.25) is 0 Å². The maximum absolute atomic E-state index is 5.51. The lowest BCUT2D eigenvalue weighted by molar-refractivity contribution is 0.0700. The molecule has 3 heteroatoms. The fraction of sp³-hybridized carbons (Fsp3) is 0.412. The summed E-state index contributed by atoms with van der Waals surface area (Å²) in [6.45, 7) is 2.61. The lowest BCUT2D eigenvalue weighted by atomic mass is 10.0. The molecule has 1 aliphatic rings. The van der Waals surface area contributed by atoms with Crippen LogP contribution in [0.15, 0.2) is 36.4 Å². The molecule has 0 spiro atoms. The molecule has 1 unspecified atom stereocenters. The number of nitrogens with one attached hydrogen (secondary N) is 1. The first-order chi connectivity index (χ1) is 9.88. The summed E-state index contributed by atoms with van der Waals surface area (Å²) in [5.74, 6) is 0.936. The van der Waals surface area contributed by atoms with Crippen LogP contribution in [0.4, 0.5) is 0 Å². The fourth-order valence-electron chi connectivity index (χ4n) is 2.82. The van der Waals surface area contributed by atoms with Crippen molar-refractivity contribution in [2.75, 3.05) is 20.3 Å². The molecular weight excluding hydrogens is 250 g/mol. The molecular formula is C17H21NO2. The predicted octanol–water partition coefficient (Wildman–Crippen LogP) is 3.12. The SMILES string of the molecule is COc1ccc(CNC2CCCOC2)c2ccccc12. The van der Waals surface area contributed by atoms with Crippen molar-refractivity contribution in [3.05, 3.63) is 42.0 Å². The van der Waals surface area contributed by atoms with E-state index >= 15 is 0 Å². The highest BCUT2D eigenvalue weighted by Crippen LogP contribution is 2.28. The number of hydrogen-bond acceptors (Lipinski definition) is 3. The van der Waals surface area contributed by atoms with Crippen LogP contribution in [-0.2, 0) is 11.3 Å². The van der Waals surface area contributed by atoms with Crippen LogP contribution in [-0.4, -0.2) is 26.4 Å². The van der Waals surface area contributed by atoms with Gasteiger partial charge in [0.15, 0.2) is 0 Å². The Morgan fingerprint density at radius 1 is 1.20 bits per heavy atom. The Balaban J connectivity index is 1.80. The largest absolute Gasteiger partial charge is 0.496 e. The summed E-state index contributed by atoms with van der Waals surface area (Å²) in [6, 6.07) is 13.1. The molecule has 106 valence electrons. The van der Waals surface area contributed by atoms with Crippen molar-refractivity contribution in [3.63, 3.8) is 0 Å². The Bertz CT molecular complexity index is 576. The molecule has 0 bridgehead atoms. The van der Waals surface area contributed by atoms with Crippen molar-refractivity contribution in [3.8, 4) is 5.75 Å². The average Bonchev–Trinajstić information content (AvgIpc) is 2.53. The number of rotatable bonds is 4. The van der Waals surface area contributed by atoms with Gasteiger partial charge in [0.1, 0.15) is 5.75 Å². The van der Waals surface area contributed by atoms with Crippen LogP contribution in [0.1, 0.15) is 18.4 Å². The van der Waals surface area contributed by atoms with Crippen LogP contribution in [0, 0.1) is 0 Å². The van der Waals surface area contributed by atoms with Gasteiger partial charge < -0.3 is 14.8 Å². The first-order valence-corrected chi connectivity index (χ1v) is 7.24. The quantitative estimate of drug-likeness (QED) is 0.927. The van der Waals surface area contributed by atoms with E-state index in [4.69, 9.17) is 9.47 Å². The van der Waals surface area contributed by atoms with Crippen molar-refractivity contribution in [2.45, 2.75) is 25.4 Å². The molecule has 2 aromatic rings. The molecule has 0 radical (unpaired) electrons. The molecule has 2 aromatic carbocycles. The van der Waals surface area contributed by atoms with Gasteiger partial charge in [0.05, 0.1) is 13.7 Å². The zero-order chi connectivity index (χ0) is 13.8. The number of benzene rings is 2. The minimum Gasteiger partial charge on any atom is -0.496 e. The summed E-state index contributed by atoms with van der Waals surface area (Å²) < 4.78 is 10.9. The van der Waals surface area contributed by atoms with Crippen molar-refractivity contribution in [1.29, 1.82) is 0 Å². The average molecular weight is 271 g/mol. The highest BCUT2D eigenvalue weighted by atomic mass is 16.5. The third kappa shape index (κ3) is 2.79. The van der Waals surface area contributed by atoms with Crippen LogP contribution < -0.4 is 10.1 Å². The van der Waals surface area contributed by atoms with Crippen molar-refractivity contribution in [2.24, 2.45) is 0 Å². The van der Waals surface area contributed by atoms with E-state index in [1.54, 1.807) is 7.11 Å². The lowest BCUT2D eigenvalue weighted by Crippen LogP contribution is -2.36. The number of fused-ring (bicyclic) bond motifs is 1. The van der Waals surface area contributed by atoms with Crippen LogP contribution >= 0.6 is 0 Å². The van der Waals surface area contributed by atoms with Gasteiger partial charge in [-0.2, -0.15) is 0 Å². The molecule has 1 heterocycles. The molecule has 1 fully saturated rings. The van der Waals surface area contributed by atoms with E-state index in [1.165, 1.54) is 22.8 Å². The van der Waals surface area contributed by atoms with E-state index in [0.29, 0.717) is 6.04 Å². The highest BCUT2D eigenvalue weighted by molar-refractivity contribution is 5.91. The standard InChI is InChI=1S/C17H21NO2/c1-19-17-9-8-13(15-6-2-3-7-16(15)17)11-18-14-5-4-10-20-12-14/h2-3,6-9,14,18H,4-5,10-12H2,1H3. The van der Waals surface area contributed by atoms with Crippen LogP contribution in [0.5, 0.6) is 5.75 Å². The summed E-state index contributed by atoms with van der Waals surface area (Å²) in [4.78, 5) is 0. The zero-order valence-electron chi connectivity index (χ0n) is 11.9. The van der Waals surface area contributed by atoms with Gasteiger partial charge in [0, 0.05) is 24.6 Å². The minimum atomic E-state index is 0.476. The number of hydrogen-bond donors (Lipinski definition) is 1. The van der Waals surface area contributed by atoms with Gasteiger partial charge >= 0.3 is 0 Å². The highest BCUT2D eigenvalue weighted by Gasteiger charge is 2.13. The van der Waals surface area contributed by atoms with E-state index in [-0.39, 0.29) is 0 Å². The van der Waals surface area contributed by atoms with Gasteiger partial charge in [-0.1, -0.05) is 30.3 Å². The second kappa shape index (κ2) is 6.25. The van der Waals surface area contributed by atoms with E-state index < -0.39 is 0 Å². The molecule has 0 aromatic heterocycles. The Morgan fingerprint density at radius 3 is 2.80 bits per heavy atom. The fourth-order valence-corrected chi connectivity index (χ4v) is 2.82. The Kier molecular flexibility index (Phi) is 4.19. The van der Waals surface area contributed by atoms with Gasteiger partial charge in [0.25, 0.3) is 0 Å². The van der Waals surface area contributed by atoms with Gasteiger partial charge in [-0.05, 0) is 29.9 Å². The van der Waals surface area contributed by atoms with Gasteiger partial charge in [-0.3, -0.25) is 0 Å². The monoisotopic (exact) mass is 271 g/mol. The molecule has 1 N–H and O–H groups in total. The van der Waals surface area contributed by atoms with E-state index in [1.807, 2.05) is 0 Å². The minimum absolute atomic E-state index is 0.476. The molecule has 0 amide bonds.